The van der Waals surface area contributed by atoms with E-state index in [0.717, 1.165) is 22.3 Å². The van der Waals surface area contributed by atoms with E-state index in [2.05, 4.69) is 5.10 Å². The Morgan fingerprint density at radius 3 is 2.64 bits per heavy atom. The lowest BCUT2D eigenvalue weighted by molar-refractivity contribution is -0.402. The predicted octanol–water partition coefficient (Wildman–Crippen LogP) is 4.64. The van der Waals surface area contributed by atoms with Crippen LogP contribution in [0.5, 0.6) is 0 Å². The molecule has 0 unspecified atom stereocenters. The Hall–Kier alpha value is -3.30. The van der Waals surface area contributed by atoms with E-state index >= 15 is 0 Å². The molecule has 1 saturated heterocycles. The van der Waals surface area contributed by atoms with E-state index in [1.54, 1.807) is 18.2 Å². The van der Waals surface area contributed by atoms with Crippen LogP contribution in [0.3, 0.4) is 0 Å². The number of carbonyl (C=O) groups is 1. The fourth-order valence-corrected chi connectivity index (χ4v) is 3.28. The van der Waals surface area contributed by atoms with Gasteiger partial charge in [0.2, 0.25) is 0 Å². The number of hydrogen-bond donors (Lipinski definition) is 0. The number of furan rings is 1. The van der Waals surface area contributed by atoms with Crippen LogP contribution in [0, 0.1) is 10.1 Å². The number of hydrazone groups is 1. The molecule has 0 radical (unpaired) electrons. The molecule has 1 aromatic carbocycles. The first-order chi connectivity index (χ1) is 13.5. The van der Waals surface area contributed by atoms with Crippen LogP contribution >= 0.6 is 24.0 Å². The van der Waals surface area contributed by atoms with Gasteiger partial charge in [-0.3, -0.25) is 14.9 Å². The Balaban J connectivity index is 1.63. The van der Waals surface area contributed by atoms with Gasteiger partial charge in [0.15, 0.2) is 4.32 Å². The van der Waals surface area contributed by atoms with Crippen LogP contribution in [-0.2, 0) is 4.79 Å². The lowest BCUT2D eigenvalue weighted by Gasteiger charge is -2.04. The third-order valence-corrected chi connectivity index (χ3v) is 4.73. The monoisotopic (exact) mass is 411 g/mol. The number of amides is 1. The van der Waals surface area contributed by atoms with Gasteiger partial charge in [0.1, 0.15) is 10.7 Å². The van der Waals surface area contributed by atoms with E-state index in [1.165, 1.54) is 24.4 Å². The quantitative estimate of drug-likeness (QED) is 0.226. The number of nitrogens with zero attached hydrogens (tertiary/aromatic N) is 3. The fraction of sp³-hybridized carbons (Fsp3) is 0. The topological polar surface area (TPSA) is 88.9 Å². The van der Waals surface area contributed by atoms with Gasteiger partial charge < -0.3 is 4.42 Å². The van der Waals surface area contributed by atoms with Crippen molar-refractivity contribution < 1.29 is 14.1 Å². The van der Waals surface area contributed by atoms with Crippen LogP contribution in [0.1, 0.15) is 11.3 Å². The summed E-state index contributed by atoms with van der Waals surface area (Å²) in [6, 6.07) is 12.4. The second kappa shape index (κ2) is 9.07. The molecule has 0 saturated carbocycles. The van der Waals surface area contributed by atoms with Gasteiger partial charge >= 0.3 is 5.88 Å². The number of thioether (sulfide) groups is 1. The molecule has 0 aliphatic carbocycles. The molecular formula is C19H13N3O4S2. The van der Waals surface area contributed by atoms with E-state index in [1.807, 2.05) is 36.4 Å². The standard InChI is InChI=1S/C19H13N3O4S2/c23-18-16(10-4-9-15-11-12-17(26-15)22(24)25)28-19(27)21(18)20-13-5-8-14-6-2-1-3-7-14/h1-13H/b8-5-,9-4+,16-10+,20-13+. The van der Waals surface area contributed by atoms with E-state index in [0.29, 0.717) is 15.0 Å². The number of benzene rings is 1. The maximum absolute atomic E-state index is 12.4. The maximum Gasteiger partial charge on any atom is 0.433 e. The van der Waals surface area contributed by atoms with Gasteiger partial charge in [0.05, 0.1) is 11.0 Å². The molecule has 0 spiro atoms. The second-order valence-corrected chi connectivity index (χ2v) is 7.02. The number of allylic oxidation sites excluding steroid dienone is 3. The van der Waals surface area contributed by atoms with Crippen LogP contribution in [0.25, 0.3) is 12.2 Å². The summed E-state index contributed by atoms with van der Waals surface area (Å²) in [5, 5.41) is 15.8. The Morgan fingerprint density at radius 1 is 1.14 bits per heavy atom. The highest BCUT2D eigenvalue weighted by Crippen LogP contribution is 2.31. The summed E-state index contributed by atoms with van der Waals surface area (Å²) >= 11 is 6.31. The lowest BCUT2D eigenvalue weighted by Crippen LogP contribution is -2.21. The van der Waals surface area contributed by atoms with Crippen molar-refractivity contribution in [3.05, 3.63) is 87.0 Å². The van der Waals surface area contributed by atoms with Gasteiger partial charge in [-0.05, 0) is 42.1 Å². The van der Waals surface area contributed by atoms with E-state index in [-0.39, 0.29) is 11.8 Å². The van der Waals surface area contributed by atoms with Gasteiger partial charge in [0.25, 0.3) is 5.91 Å². The predicted molar refractivity (Wildman–Crippen MR) is 113 cm³/mol. The fourth-order valence-electron chi connectivity index (χ4n) is 2.16. The number of thiocarbonyl (C=S) groups is 1. The molecule has 1 amide bonds. The minimum atomic E-state index is -0.618. The van der Waals surface area contributed by atoms with Crippen molar-refractivity contribution in [2.24, 2.45) is 5.10 Å². The lowest BCUT2D eigenvalue weighted by atomic mass is 10.2. The van der Waals surface area contributed by atoms with Gasteiger partial charge in [-0.25, -0.2) is 0 Å². The molecule has 0 N–H and O–H groups in total. The summed E-state index contributed by atoms with van der Waals surface area (Å²) < 4.78 is 5.33. The minimum absolute atomic E-state index is 0.308. The normalized spacial score (nSPS) is 16.4. The first kappa shape index (κ1) is 19.5. The van der Waals surface area contributed by atoms with Crippen LogP contribution < -0.4 is 0 Å². The Bertz CT molecular complexity index is 1020. The summed E-state index contributed by atoms with van der Waals surface area (Å²) in [5.74, 6) is -0.374. The van der Waals surface area contributed by atoms with Crippen molar-refractivity contribution in [3.63, 3.8) is 0 Å². The average molecular weight is 411 g/mol. The SMILES string of the molecule is O=C1/C(=C\C=C\c2ccc([N+](=O)[O-])o2)SC(=S)N1/N=C/C=C\c1ccccc1. The van der Waals surface area contributed by atoms with Gasteiger partial charge in [-0.15, -0.1) is 0 Å². The zero-order valence-electron chi connectivity index (χ0n) is 14.3. The molecule has 1 aliphatic heterocycles. The summed E-state index contributed by atoms with van der Waals surface area (Å²) in [4.78, 5) is 22.7. The first-order valence-corrected chi connectivity index (χ1v) is 9.21. The molecular weight excluding hydrogens is 398 g/mol. The zero-order chi connectivity index (χ0) is 19.9. The molecule has 0 bridgehead atoms. The molecule has 0 atom stereocenters. The van der Waals surface area contributed by atoms with Crippen molar-refractivity contribution in [3.8, 4) is 0 Å². The van der Waals surface area contributed by atoms with Crippen molar-refractivity contribution in [1.29, 1.82) is 0 Å². The Morgan fingerprint density at radius 2 is 1.93 bits per heavy atom. The summed E-state index contributed by atoms with van der Waals surface area (Å²) in [6.07, 6.45) is 9.73. The third kappa shape index (κ3) is 4.90. The first-order valence-electron chi connectivity index (χ1n) is 7.99. The molecule has 1 fully saturated rings. The third-order valence-electron chi connectivity index (χ3n) is 3.43. The smallest absolute Gasteiger partial charge is 0.401 e. The van der Waals surface area contributed by atoms with Gasteiger partial charge in [-0.2, -0.15) is 10.1 Å². The van der Waals surface area contributed by atoms with Crippen LogP contribution in [0.15, 0.2) is 75.1 Å². The number of hydrogen-bond acceptors (Lipinski definition) is 7. The summed E-state index contributed by atoms with van der Waals surface area (Å²) in [6.45, 7) is 0. The van der Waals surface area contributed by atoms with E-state index < -0.39 is 4.92 Å². The van der Waals surface area contributed by atoms with Crippen molar-refractivity contribution >= 4 is 58.5 Å². The Labute approximate surface area is 169 Å². The highest BCUT2D eigenvalue weighted by Gasteiger charge is 2.31. The second-order valence-electron chi connectivity index (χ2n) is 5.34. The molecule has 28 heavy (non-hydrogen) atoms. The summed E-state index contributed by atoms with van der Waals surface area (Å²) in [7, 11) is 0. The van der Waals surface area contributed by atoms with Crippen molar-refractivity contribution in [2.45, 2.75) is 0 Å². The highest BCUT2D eigenvalue weighted by atomic mass is 32.2. The molecule has 2 heterocycles. The number of rotatable bonds is 6. The summed E-state index contributed by atoms with van der Waals surface area (Å²) in [5.41, 5.74) is 1.02. The molecule has 140 valence electrons. The Kier molecular flexibility index (Phi) is 6.30. The molecule has 1 aromatic heterocycles. The number of nitro groups is 1. The van der Waals surface area contributed by atoms with E-state index in [9.17, 15) is 14.9 Å². The van der Waals surface area contributed by atoms with E-state index in [4.69, 9.17) is 16.6 Å². The van der Waals surface area contributed by atoms with Crippen LogP contribution in [0.4, 0.5) is 5.88 Å². The highest BCUT2D eigenvalue weighted by molar-refractivity contribution is 8.26. The number of carbonyl (C=O) groups excluding carboxylic acids is 1. The zero-order valence-corrected chi connectivity index (χ0v) is 15.9. The molecule has 9 heteroatoms. The molecule has 1 aliphatic rings. The van der Waals surface area contributed by atoms with Crippen molar-refractivity contribution in [1.82, 2.24) is 5.01 Å². The molecule has 7 nitrogen and oxygen atoms in total. The molecule has 2 aromatic rings. The van der Waals surface area contributed by atoms with Crippen LogP contribution in [-0.4, -0.2) is 26.4 Å². The van der Waals surface area contributed by atoms with Crippen molar-refractivity contribution in [2.75, 3.05) is 0 Å². The minimum Gasteiger partial charge on any atom is -0.401 e. The van der Waals surface area contributed by atoms with Crippen LogP contribution in [0.2, 0.25) is 0 Å². The van der Waals surface area contributed by atoms with Gasteiger partial charge in [-0.1, -0.05) is 54.2 Å². The molecule has 3 rings (SSSR count). The largest absolute Gasteiger partial charge is 0.433 e. The average Bonchev–Trinajstić information content (AvgIpc) is 3.26. The maximum atomic E-state index is 12.4. The van der Waals surface area contributed by atoms with Gasteiger partial charge in [0, 0.05) is 6.21 Å².